The summed E-state index contributed by atoms with van der Waals surface area (Å²) in [6, 6.07) is 10.6. The van der Waals surface area contributed by atoms with E-state index in [1.165, 1.54) is 38.5 Å². The molecule has 0 aliphatic carbocycles. The van der Waals surface area contributed by atoms with Gasteiger partial charge in [0.15, 0.2) is 9.84 Å². The molecule has 1 N–H and O–H groups in total. The number of ether oxygens (including phenoxy) is 2. The van der Waals surface area contributed by atoms with Gasteiger partial charge in [-0.15, -0.1) is 0 Å². The van der Waals surface area contributed by atoms with Crippen molar-refractivity contribution in [1.82, 2.24) is 10.2 Å². The molecule has 0 fully saturated rings. The first-order valence-corrected chi connectivity index (χ1v) is 9.97. The number of rotatable bonds is 6. The lowest BCUT2D eigenvalue weighted by molar-refractivity contribution is 0.0600. The molecule has 1 heterocycles. The predicted molar refractivity (Wildman–Crippen MR) is 102 cm³/mol. The van der Waals surface area contributed by atoms with Crippen molar-refractivity contribution >= 4 is 26.6 Å². The van der Waals surface area contributed by atoms with E-state index < -0.39 is 15.8 Å². The topological polar surface area (TPSA) is 115 Å². The van der Waals surface area contributed by atoms with Crippen LogP contribution < -0.4 is 10.3 Å². The SMILES string of the molecule is COC(=O)c1cccc(S(=O)(=O)CCc2n[nH]c(=O)c3ccc(OC)cc23)c1. The van der Waals surface area contributed by atoms with Crippen LogP contribution in [0, 0.1) is 0 Å². The number of aromatic amines is 1. The number of hydrogen-bond donors (Lipinski definition) is 1. The summed E-state index contributed by atoms with van der Waals surface area (Å²) in [6.07, 6.45) is 0.0746. The molecule has 0 radical (unpaired) electrons. The van der Waals surface area contributed by atoms with Crippen molar-refractivity contribution in [2.24, 2.45) is 0 Å². The standard InChI is InChI=1S/C19H18N2O6S/c1-26-13-6-7-15-16(11-13)17(20-21-18(15)22)8-9-28(24,25)14-5-3-4-12(10-14)19(23)27-2/h3-7,10-11H,8-9H2,1-2H3,(H,21,22). The van der Waals surface area contributed by atoms with Crippen LogP contribution in [0.5, 0.6) is 5.75 Å². The van der Waals surface area contributed by atoms with Gasteiger partial charge in [-0.1, -0.05) is 6.07 Å². The molecule has 2 aromatic carbocycles. The Balaban J connectivity index is 1.92. The lowest BCUT2D eigenvalue weighted by atomic mass is 10.1. The Bertz CT molecular complexity index is 1200. The number of hydrogen-bond acceptors (Lipinski definition) is 7. The smallest absolute Gasteiger partial charge is 0.337 e. The molecule has 0 atom stereocenters. The molecule has 0 amide bonds. The predicted octanol–water partition coefficient (Wildman–Crippen LogP) is 1.73. The van der Waals surface area contributed by atoms with Crippen LogP contribution in [0.4, 0.5) is 0 Å². The minimum atomic E-state index is -3.69. The van der Waals surface area contributed by atoms with Gasteiger partial charge in [-0.3, -0.25) is 4.79 Å². The summed E-state index contributed by atoms with van der Waals surface area (Å²) in [6.45, 7) is 0. The van der Waals surface area contributed by atoms with Crippen LogP contribution in [0.3, 0.4) is 0 Å². The molecule has 0 saturated carbocycles. The van der Waals surface area contributed by atoms with Crippen LogP contribution in [0.15, 0.2) is 52.2 Å². The second kappa shape index (κ2) is 7.81. The number of carbonyl (C=O) groups excluding carboxylic acids is 1. The van der Waals surface area contributed by atoms with Crippen molar-refractivity contribution in [2.75, 3.05) is 20.0 Å². The molecule has 8 nitrogen and oxygen atoms in total. The minimum absolute atomic E-state index is 0.0155. The molecule has 0 bridgehead atoms. The van der Waals surface area contributed by atoms with Crippen LogP contribution in [0.1, 0.15) is 16.1 Å². The lowest BCUT2D eigenvalue weighted by Gasteiger charge is -2.08. The molecular weight excluding hydrogens is 384 g/mol. The number of methoxy groups -OCH3 is 2. The Labute approximate surface area is 161 Å². The number of esters is 1. The van der Waals surface area contributed by atoms with E-state index in [1.807, 2.05) is 0 Å². The average molecular weight is 402 g/mol. The van der Waals surface area contributed by atoms with Crippen molar-refractivity contribution in [2.45, 2.75) is 11.3 Å². The van der Waals surface area contributed by atoms with E-state index in [9.17, 15) is 18.0 Å². The van der Waals surface area contributed by atoms with Gasteiger partial charge in [0.2, 0.25) is 0 Å². The number of nitrogens with zero attached hydrogens (tertiary/aromatic N) is 1. The van der Waals surface area contributed by atoms with Gasteiger partial charge >= 0.3 is 5.97 Å². The van der Waals surface area contributed by atoms with Gasteiger partial charge in [-0.05, 0) is 36.4 Å². The molecule has 3 rings (SSSR count). The van der Waals surface area contributed by atoms with Crippen molar-refractivity contribution in [1.29, 1.82) is 0 Å². The first kappa shape index (κ1) is 19.6. The van der Waals surface area contributed by atoms with E-state index >= 15 is 0 Å². The number of fused-ring (bicyclic) bond motifs is 1. The van der Waals surface area contributed by atoms with E-state index in [4.69, 9.17) is 4.74 Å². The summed E-state index contributed by atoms with van der Waals surface area (Å²) >= 11 is 0. The average Bonchev–Trinajstić information content (AvgIpc) is 2.72. The van der Waals surface area contributed by atoms with E-state index in [-0.39, 0.29) is 28.2 Å². The third kappa shape index (κ3) is 3.89. The normalized spacial score (nSPS) is 11.4. The van der Waals surface area contributed by atoms with Gasteiger partial charge in [0.05, 0.1) is 41.5 Å². The number of aryl methyl sites for hydroxylation is 1. The second-order valence-electron chi connectivity index (χ2n) is 6.00. The third-order valence-corrected chi connectivity index (χ3v) is 6.01. The Morgan fingerprint density at radius 1 is 1.11 bits per heavy atom. The van der Waals surface area contributed by atoms with Crippen LogP contribution in [-0.4, -0.2) is 44.6 Å². The quantitative estimate of drug-likeness (QED) is 0.624. The van der Waals surface area contributed by atoms with Gasteiger partial charge in [-0.25, -0.2) is 18.3 Å². The van der Waals surface area contributed by atoms with E-state index in [0.29, 0.717) is 22.2 Å². The summed E-state index contributed by atoms with van der Waals surface area (Å²) < 4.78 is 35.2. The van der Waals surface area contributed by atoms with Gasteiger partial charge in [0.25, 0.3) is 5.56 Å². The fourth-order valence-corrected chi connectivity index (χ4v) is 4.09. The van der Waals surface area contributed by atoms with Crippen LogP contribution in [0.2, 0.25) is 0 Å². The molecule has 146 valence electrons. The lowest BCUT2D eigenvalue weighted by Crippen LogP contribution is -2.15. The highest BCUT2D eigenvalue weighted by molar-refractivity contribution is 7.91. The van der Waals surface area contributed by atoms with E-state index in [1.54, 1.807) is 18.2 Å². The number of benzene rings is 2. The number of sulfone groups is 1. The minimum Gasteiger partial charge on any atom is -0.497 e. The van der Waals surface area contributed by atoms with E-state index in [0.717, 1.165) is 0 Å². The summed E-state index contributed by atoms with van der Waals surface area (Å²) in [5, 5.41) is 7.32. The Morgan fingerprint density at radius 3 is 2.61 bits per heavy atom. The van der Waals surface area contributed by atoms with Gasteiger partial charge in [0.1, 0.15) is 5.75 Å². The third-order valence-electron chi connectivity index (χ3n) is 4.30. The molecule has 28 heavy (non-hydrogen) atoms. The number of H-pyrrole nitrogens is 1. The highest BCUT2D eigenvalue weighted by atomic mass is 32.2. The molecule has 0 spiro atoms. The van der Waals surface area contributed by atoms with Crippen molar-refractivity contribution < 1.29 is 22.7 Å². The summed E-state index contributed by atoms with van der Waals surface area (Å²) in [5.41, 5.74) is 0.220. The Hall–Kier alpha value is -3.20. The zero-order valence-electron chi connectivity index (χ0n) is 15.3. The molecule has 0 unspecified atom stereocenters. The van der Waals surface area contributed by atoms with Crippen LogP contribution >= 0.6 is 0 Å². The first-order valence-electron chi connectivity index (χ1n) is 8.32. The number of nitrogens with one attached hydrogen (secondary N) is 1. The van der Waals surface area contributed by atoms with Crippen molar-refractivity contribution in [3.05, 3.63) is 64.1 Å². The van der Waals surface area contributed by atoms with Gasteiger partial charge < -0.3 is 9.47 Å². The zero-order chi connectivity index (χ0) is 20.3. The maximum absolute atomic E-state index is 12.7. The largest absolute Gasteiger partial charge is 0.497 e. The highest BCUT2D eigenvalue weighted by Crippen LogP contribution is 2.22. The second-order valence-corrected chi connectivity index (χ2v) is 8.11. The molecule has 0 aliphatic rings. The maximum Gasteiger partial charge on any atom is 0.337 e. The van der Waals surface area contributed by atoms with Gasteiger partial charge in [0, 0.05) is 11.8 Å². The maximum atomic E-state index is 12.7. The van der Waals surface area contributed by atoms with Crippen LogP contribution in [0.25, 0.3) is 10.8 Å². The Morgan fingerprint density at radius 2 is 1.89 bits per heavy atom. The molecule has 3 aromatic rings. The monoisotopic (exact) mass is 402 g/mol. The molecular formula is C19H18N2O6S. The fraction of sp³-hybridized carbons (Fsp3) is 0.211. The van der Waals surface area contributed by atoms with Crippen LogP contribution in [-0.2, 0) is 21.0 Å². The summed E-state index contributed by atoms with van der Waals surface area (Å²) in [4.78, 5) is 23.6. The number of aromatic nitrogens is 2. The number of carbonyl (C=O) groups is 1. The highest BCUT2D eigenvalue weighted by Gasteiger charge is 2.18. The molecule has 0 aliphatic heterocycles. The van der Waals surface area contributed by atoms with Crippen molar-refractivity contribution in [3.8, 4) is 5.75 Å². The zero-order valence-corrected chi connectivity index (χ0v) is 16.1. The summed E-state index contributed by atoms with van der Waals surface area (Å²) in [7, 11) is -0.961. The molecule has 1 aromatic heterocycles. The summed E-state index contributed by atoms with van der Waals surface area (Å²) in [5.74, 6) is -0.324. The van der Waals surface area contributed by atoms with Crippen molar-refractivity contribution in [3.63, 3.8) is 0 Å². The Kier molecular flexibility index (Phi) is 5.46. The van der Waals surface area contributed by atoms with Gasteiger partial charge in [-0.2, -0.15) is 5.10 Å². The fourth-order valence-electron chi connectivity index (χ4n) is 2.80. The molecule has 9 heteroatoms. The van der Waals surface area contributed by atoms with E-state index in [2.05, 4.69) is 14.9 Å². The molecule has 0 saturated heterocycles. The first-order chi connectivity index (χ1) is 13.4.